The maximum atomic E-state index is 9.11. The molecule has 0 saturated heterocycles. The van der Waals surface area contributed by atoms with Crippen molar-refractivity contribution in [3.05, 3.63) is 57.0 Å². The molecule has 0 aliphatic rings. The van der Waals surface area contributed by atoms with Crippen LogP contribution in [0.3, 0.4) is 0 Å². The van der Waals surface area contributed by atoms with Gasteiger partial charge in [0, 0.05) is 10.2 Å². The Balaban J connectivity index is 2.41. The van der Waals surface area contributed by atoms with Crippen molar-refractivity contribution in [2.75, 3.05) is 5.32 Å². The van der Waals surface area contributed by atoms with Gasteiger partial charge in [0.25, 0.3) is 0 Å². The summed E-state index contributed by atoms with van der Waals surface area (Å²) >= 11 is 9.41. The maximum absolute atomic E-state index is 9.11. The van der Waals surface area contributed by atoms with Crippen molar-refractivity contribution in [2.45, 2.75) is 6.92 Å². The van der Waals surface area contributed by atoms with E-state index in [2.05, 4.69) is 27.3 Å². The molecule has 0 bridgehead atoms. The van der Waals surface area contributed by atoms with Crippen LogP contribution in [0.1, 0.15) is 11.1 Å². The molecule has 0 heterocycles. The average Bonchev–Trinajstić information content (AvgIpc) is 2.33. The lowest BCUT2D eigenvalue weighted by molar-refractivity contribution is 1.40. The normalized spacial score (nSPS) is 9.89. The topological polar surface area (TPSA) is 35.8 Å². The predicted octanol–water partition coefficient (Wildman–Crippen LogP) is 5.03. The van der Waals surface area contributed by atoms with Crippen molar-refractivity contribution < 1.29 is 0 Å². The highest BCUT2D eigenvalue weighted by molar-refractivity contribution is 9.10. The molecule has 2 nitrogen and oxygen atoms in total. The number of rotatable bonds is 2. The highest BCUT2D eigenvalue weighted by atomic mass is 79.9. The van der Waals surface area contributed by atoms with Crippen LogP contribution in [0.4, 0.5) is 11.4 Å². The smallest absolute Gasteiger partial charge is 0.103 e. The van der Waals surface area contributed by atoms with Gasteiger partial charge in [-0.15, -0.1) is 0 Å². The van der Waals surface area contributed by atoms with Gasteiger partial charge in [-0.05, 0) is 42.8 Å². The van der Waals surface area contributed by atoms with E-state index in [4.69, 9.17) is 16.9 Å². The lowest BCUT2D eigenvalue weighted by atomic mass is 10.1. The lowest BCUT2D eigenvalue weighted by Gasteiger charge is -2.11. The Bertz CT molecular complexity index is 632. The van der Waals surface area contributed by atoms with Crippen LogP contribution < -0.4 is 5.32 Å². The summed E-state index contributed by atoms with van der Waals surface area (Å²) in [7, 11) is 0. The fraction of sp³-hybridized carbons (Fsp3) is 0.0714. The molecule has 0 aliphatic heterocycles. The van der Waals surface area contributed by atoms with E-state index in [1.165, 1.54) is 0 Å². The van der Waals surface area contributed by atoms with E-state index in [-0.39, 0.29) is 0 Å². The second-order valence-corrected chi connectivity index (χ2v) is 5.18. The Kier molecular flexibility index (Phi) is 3.90. The van der Waals surface area contributed by atoms with Gasteiger partial charge >= 0.3 is 0 Å². The summed E-state index contributed by atoms with van der Waals surface area (Å²) in [6, 6.07) is 13.4. The van der Waals surface area contributed by atoms with Crippen LogP contribution in [0.25, 0.3) is 0 Å². The van der Waals surface area contributed by atoms with Gasteiger partial charge in [-0.3, -0.25) is 0 Å². The van der Waals surface area contributed by atoms with Gasteiger partial charge in [0.05, 0.1) is 16.3 Å². The van der Waals surface area contributed by atoms with Crippen molar-refractivity contribution in [2.24, 2.45) is 0 Å². The molecule has 4 heteroatoms. The zero-order chi connectivity index (χ0) is 13.1. The second-order valence-electron chi connectivity index (χ2n) is 3.86. The Morgan fingerprint density at radius 1 is 1.22 bits per heavy atom. The van der Waals surface area contributed by atoms with E-state index in [9.17, 15) is 0 Å². The molecule has 1 N–H and O–H groups in total. The molecule has 2 aromatic rings. The van der Waals surface area contributed by atoms with Gasteiger partial charge in [0.1, 0.15) is 6.07 Å². The molecule has 0 spiro atoms. The molecule has 2 aromatic carbocycles. The number of halogens is 2. The molecule has 0 radical (unpaired) electrons. The van der Waals surface area contributed by atoms with Gasteiger partial charge in [-0.25, -0.2) is 0 Å². The molecule has 18 heavy (non-hydrogen) atoms. The number of benzene rings is 2. The maximum Gasteiger partial charge on any atom is 0.103 e. The summed E-state index contributed by atoms with van der Waals surface area (Å²) in [5, 5.41) is 12.8. The van der Waals surface area contributed by atoms with Crippen LogP contribution in [-0.2, 0) is 0 Å². The number of nitrogens with zero attached hydrogens (tertiary/aromatic N) is 1. The van der Waals surface area contributed by atoms with E-state index in [1.54, 1.807) is 6.07 Å². The number of anilines is 2. The number of hydrogen-bond acceptors (Lipinski definition) is 2. The van der Waals surface area contributed by atoms with Crippen molar-refractivity contribution in [3.8, 4) is 6.07 Å². The van der Waals surface area contributed by atoms with E-state index in [0.717, 1.165) is 21.4 Å². The second kappa shape index (κ2) is 5.43. The van der Waals surface area contributed by atoms with E-state index < -0.39 is 0 Å². The molecule has 0 aromatic heterocycles. The van der Waals surface area contributed by atoms with Crippen LogP contribution >= 0.6 is 27.5 Å². The fourth-order valence-corrected chi connectivity index (χ4v) is 2.35. The number of nitrogens with one attached hydrogen (secondary N) is 1. The molecule has 2 rings (SSSR count). The number of hydrogen-bond donors (Lipinski definition) is 1. The summed E-state index contributed by atoms with van der Waals surface area (Å²) < 4.78 is 1.03. The van der Waals surface area contributed by atoms with Crippen LogP contribution in [0.15, 0.2) is 40.9 Å². The number of aryl methyl sites for hydroxylation is 1. The van der Waals surface area contributed by atoms with Crippen LogP contribution in [-0.4, -0.2) is 0 Å². The molecule has 90 valence electrons. The van der Waals surface area contributed by atoms with Crippen LogP contribution in [0, 0.1) is 18.3 Å². The van der Waals surface area contributed by atoms with Crippen molar-refractivity contribution >= 4 is 38.9 Å². The number of nitriles is 1. The van der Waals surface area contributed by atoms with Crippen molar-refractivity contribution in [1.82, 2.24) is 0 Å². The predicted molar refractivity (Wildman–Crippen MR) is 78.3 cm³/mol. The third-order valence-corrected chi connectivity index (χ3v) is 3.39. The van der Waals surface area contributed by atoms with Crippen LogP contribution in [0.2, 0.25) is 5.02 Å². The molecule has 0 fully saturated rings. The summed E-state index contributed by atoms with van der Waals surface area (Å²) in [4.78, 5) is 0. The first-order valence-electron chi connectivity index (χ1n) is 5.33. The Morgan fingerprint density at radius 2 is 2.00 bits per heavy atom. The Hall–Kier alpha value is -1.50. The zero-order valence-electron chi connectivity index (χ0n) is 9.67. The molecule has 0 amide bonds. The van der Waals surface area contributed by atoms with Gasteiger partial charge in [-0.1, -0.05) is 33.6 Å². The minimum absolute atomic E-state index is 0.456. The first-order valence-corrected chi connectivity index (χ1v) is 6.50. The third kappa shape index (κ3) is 2.66. The van der Waals surface area contributed by atoms with Crippen LogP contribution in [0.5, 0.6) is 0 Å². The van der Waals surface area contributed by atoms with E-state index in [1.807, 2.05) is 37.3 Å². The summed E-state index contributed by atoms with van der Waals surface area (Å²) in [5.74, 6) is 0. The average molecular weight is 322 g/mol. The highest BCUT2D eigenvalue weighted by Gasteiger charge is 2.07. The standard InChI is InChI=1S/C14H10BrClN2/c1-9-7-10(15)5-6-13(9)18-14-4-2-3-12(16)11(14)8-17/h2-7,18H,1H3. The summed E-state index contributed by atoms with van der Waals surface area (Å²) in [6.07, 6.45) is 0. The Labute approximate surface area is 119 Å². The molecule has 0 aliphatic carbocycles. The molecular formula is C14H10BrClN2. The summed E-state index contributed by atoms with van der Waals surface area (Å²) in [6.45, 7) is 2.00. The monoisotopic (exact) mass is 320 g/mol. The van der Waals surface area contributed by atoms with Crippen molar-refractivity contribution in [1.29, 1.82) is 5.26 Å². The largest absolute Gasteiger partial charge is 0.354 e. The minimum Gasteiger partial charge on any atom is -0.354 e. The SMILES string of the molecule is Cc1cc(Br)ccc1Nc1cccc(Cl)c1C#N. The lowest BCUT2D eigenvalue weighted by Crippen LogP contribution is -1.96. The van der Waals surface area contributed by atoms with E-state index in [0.29, 0.717) is 10.6 Å². The van der Waals surface area contributed by atoms with Crippen molar-refractivity contribution in [3.63, 3.8) is 0 Å². The Morgan fingerprint density at radius 3 is 2.67 bits per heavy atom. The van der Waals surface area contributed by atoms with Gasteiger partial charge in [0.15, 0.2) is 0 Å². The fourth-order valence-electron chi connectivity index (χ4n) is 1.65. The van der Waals surface area contributed by atoms with Gasteiger partial charge in [-0.2, -0.15) is 5.26 Å². The first-order chi connectivity index (χ1) is 8.61. The molecular weight excluding hydrogens is 312 g/mol. The third-order valence-electron chi connectivity index (χ3n) is 2.58. The first kappa shape index (κ1) is 12.9. The molecule has 0 unspecified atom stereocenters. The highest BCUT2D eigenvalue weighted by Crippen LogP contribution is 2.28. The summed E-state index contributed by atoms with van der Waals surface area (Å²) in [5.41, 5.74) is 3.22. The van der Waals surface area contributed by atoms with Gasteiger partial charge in [0.2, 0.25) is 0 Å². The molecule has 0 saturated carbocycles. The molecule has 0 atom stereocenters. The quantitative estimate of drug-likeness (QED) is 0.842. The zero-order valence-corrected chi connectivity index (χ0v) is 12.0. The van der Waals surface area contributed by atoms with Gasteiger partial charge < -0.3 is 5.32 Å². The minimum atomic E-state index is 0.456. The van der Waals surface area contributed by atoms with E-state index >= 15 is 0 Å².